The number of H-pyrrole nitrogens is 1. The van der Waals surface area contributed by atoms with Gasteiger partial charge in [-0.3, -0.25) is 14.3 Å². The standard InChI is InChI=1S/C17H13FN6O/c1-10-8-13(23-22-10)19-17-21-16(20-14-6-3-7-24(14)17)15(25)11-4-2-5-12(18)9-11/h2-9H,1H3,(H2,19,20,21,22,23). The predicted molar refractivity (Wildman–Crippen MR) is 89.4 cm³/mol. The number of anilines is 2. The molecular weight excluding hydrogens is 323 g/mol. The van der Waals surface area contributed by atoms with Gasteiger partial charge in [0.25, 0.3) is 0 Å². The van der Waals surface area contributed by atoms with Gasteiger partial charge in [-0.1, -0.05) is 12.1 Å². The highest BCUT2D eigenvalue weighted by Gasteiger charge is 2.17. The van der Waals surface area contributed by atoms with Crippen LogP contribution in [0.4, 0.5) is 16.2 Å². The van der Waals surface area contributed by atoms with E-state index in [9.17, 15) is 9.18 Å². The van der Waals surface area contributed by atoms with Crippen molar-refractivity contribution < 1.29 is 9.18 Å². The van der Waals surface area contributed by atoms with Crippen molar-refractivity contribution in [1.82, 2.24) is 24.6 Å². The van der Waals surface area contributed by atoms with Gasteiger partial charge in [-0.05, 0) is 31.2 Å². The van der Waals surface area contributed by atoms with E-state index in [-0.39, 0.29) is 11.4 Å². The Balaban J connectivity index is 1.78. The minimum Gasteiger partial charge on any atom is -0.308 e. The van der Waals surface area contributed by atoms with Crippen molar-refractivity contribution >= 4 is 23.2 Å². The maximum absolute atomic E-state index is 13.4. The first-order chi connectivity index (χ1) is 12.1. The molecule has 0 bridgehead atoms. The number of rotatable bonds is 4. The number of carbonyl (C=O) groups is 1. The Morgan fingerprint density at radius 2 is 2.08 bits per heavy atom. The van der Waals surface area contributed by atoms with E-state index in [4.69, 9.17) is 0 Å². The number of halogens is 1. The predicted octanol–water partition coefficient (Wildman–Crippen LogP) is 2.87. The second-order valence-electron chi connectivity index (χ2n) is 5.51. The third-order valence-electron chi connectivity index (χ3n) is 3.62. The smallest absolute Gasteiger partial charge is 0.230 e. The highest BCUT2D eigenvalue weighted by atomic mass is 19.1. The number of aryl methyl sites for hydroxylation is 1. The van der Waals surface area contributed by atoms with E-state index in [2.05, 4.69) is 25.5 Å². The van der Waals surface area contributed by atoms with Crippen molar-refractivity contribution in [2.45, 2.75) is 6.92 Å². The van der Waals surface area contributed by atoms with Gasteiger partial charge in [0.05, 0.1) is 0 Å². The molecule has 0 aliphatic carbocycles. The molecule has 0 aliphatic rings. The Kier molecular flexibility index (Phi) is 3.50. The zero-order valence-corrected chi connectivity index (χ0v) is 13.2. The third-order valence-corrected chi connectivity index (χ3v) is 3.62. The van der Waals surface area contributed by atoms with Gasteiger partial charge in [-0.2, -0.15) is 10.1 Å². The van der Waals surface area contributed by atoms with Crippen LogP contribution in [0.25, 0.3) is 5.65 Å². The van der Waals surface area contributed by atoms with Gasteiger partial charge in [0.15, 0.2) is 5.82 Å². The van der Waals surface area contributed by atoms with Crippen molar-refractivity contribution in [2.75, 3.05) is 5.32 Å². The van der Waals surface area contributed by atoms with Crippen LogP contribution in [0.2, 0.25) is 0 Å². The van der Waals surface area contributed by atoms with Crippen LogP contribution in [0.3, 0.4) is 0 Å². The van der Waals surface area contributed by atoms with E-state index in [0.29, 0.717) is 17.4 Å². The zero-order chi connectivity index (χ0) is 17.4. The molecule has 2 N–H and O–H groups in total. The van der Waals surface area contributed by atoms with Gasteiger partial charge < -0.3 is 5.32 Å². The van der Waals surface area contributed by atoms with E-state index in [1.54, 1.807) is 22.7 Å². The van der Waals surface area contributed by atoms with Crippen molar-refractivity contribution in [3.63, 3.8) is 0 Å². The maximum Gasteiger partial charge on any atom is 0.230 e. The minimum absolute atomic E-state index is 0.0217. The SMILES string of the molecule is Cc1cc(Nc2nc(C(=O)c3cccc(F)c3)nc3cccn23)n[nH]1. The molecule has 3 heterocycles. The summed E-state index contributed by atoms with van der Waals surface area (Å²) in [4.78, 5) is 21.2. The van der Waals surface area contributed by atoms with Crippen LogP contribution < -0.4 is 5.32 Å². The topological polar surface area (TPSA) is 88.0 Å². The summed E-state index contributed by atoms with van der Waals surface area (Å²) in [6.07, 6.45) is 1.77. The third kappa shape index (κ3) is 2.85. The molecule has 0 atom stereocenters. The van der Waals surface area contributed by atoms with E-state index >= 15 is 0 Å². The Hall–Kier alpha value is -3.55. The molecule has 0 aliphatic heterocycles. The first-order valence-corrected chi connectivity index (χ1v) is 7.54. The van der Waals surface area contributed by atoms with E-state index in [1.165, 1.54) is 18.2 Å². The van der Waals surface area contributed by atoms with Crippen LogP contribution in [0, 0.1) is 12.7 Å². The summed E-state index contributed by atoms with van der Waals surface area (Å²) in [7, 11) is 0. The number of hydrogen-bond donors (Lipinski definition) is 2. The van der Waals surface area contributed by atoms with Gasteiger partial charge in [-0.25, -0.2) is 9.37 Å². The molecule has 0 saturated carbocycles. The normalized spacial score (nSPS) is 11.0. The van der Waals surface area contributed by atoms with Gasteiger partial charge in [-0.15, -0.1) is 0 Å². The Labute approximate surface area is 141 Å². The van der Waals surface area contributed by atoms with Gasteiger partial charge >= 0.3 is 0 Å². The lowest BCUT2D eigenvalue weighted by Crippen LogP contribution is -2.12. The fourth-order valence-electron chi connectivity index (χ4n) is 2.47. The highest BCUT2D eigenvalue weighted by molar-refractivity contribution is 6.06. The number of hydrogen-bond acceptors (Lipinski definition) is 5. The molecular formula is C17H13FN6O. The lowest BCUT2D eigenvalue weighted by molar-refractivity contribution is 0.102. The molecule has 0 radical (unpaired) electrons. The van der Waals surface area contributed by atoms with Crippen LogP contribution in [-0.2, 0) is 0 Å². The van der Waals surface area contributed by atoms with E-state index in [0.717, 1.165) is 11.8 Å². The van der Waals surface area contributed by atoms with E-state index in [1.807, 2.05) is 13.0 Å². The summed E-state index contributed by atoms with van der Waals surface area (Å²) >= 11 is 0. The summed E-state index contributed by atoms with van der Waals surface area (Å²) in [6, 6.07) is 10.8. The number of nitrogens with one attached hydrogen (secondary N) is 2. The fourth-order valence-corrected chi connectivity index (χ4v) is 2.47. The van der Waals surface area contributed by atoms with Gasteiger partial charge in [0, 0.05) is 23.5 Å². The number of ketones is 1. The summed E-state index contributed by atoms with van der Waals surface area (Å²) in [5.41, 5.74) is 1.62. The Bertz CT molecular complexity index is 1080. The molecule has 1 aromatic carbocycles. The molecule has 7 nitrogen and oxygen atoms in total. The average molecular weight is 336 g/mol. The fraction of sp³-hybridized carbons (Fsp3) is 0.0588. The molecule has 0 amide bonds. The van der Waals surface area contributed by atoms with Crippen LogP contribution >= 0.6 is 0 Å². The van der Waals surface area contributed by atoms with Crippen LogP contribution in [-0.4, -0.2) is 30.3 Å². The number of fused-ring (bicyclic) bond motifs is 1. The summed E-state index contributed by atoms with van der Waals surface area (Å²) in [5, 5.41) is 9.98. The molecule has 3 aromatic heterocycles. The van der Waals surface area contributed by atoms with Crippen LogP contribution in [0.5, 0.6) is 0 Å². The van der Waals surface area contributed by atoms with Crippen LogP contribution in [0.1, 0.15) is 21.9 Å². The zero-order valence-electron chi connectivity index (χ0n) is 13.2. The van der Waals surface area contributed by atoms with Gasteiger partial charge in [0.1, 0.15) is 11.5 Å². The number of carbonyl (C=O) groups excluding carboxylic acids is 1. The number of aromatic amines is 1. The first-order valence-electron chi connectivity index (χ1n) is 7.54. The molecule has 124 valence electrons. The second kappa shape index (κ2) is 5.82. The monoisotopic (exact) mass is 336 g/mol. The molecule has 4 aromatic rings. The first kappa shape index (κ1) is 15.0. The lowest BCUT2D eigenvalue weighted by atomic mass is 10.1. The van der Waals surface area contributed by atoms with E-state index < -0.39 is 11.6 Å². The molecule has 4 rings (SSSR count). The number of nitrogens with zero attached hydrogens (tertiary/aromatic N) is 4. The second-order valence-corrected chi connectivity index (χ2v) is 5.51. The summed E-state index contributed by atoms with van der Waals surface area (Å²) in [5.74, 6) is -0.00687. The van der Waals surface area contributed by atoms with Crippen molar-refractivity contribution in [3.05, 3.63) is 71.6 Å². The van der Waals surface area contributed by atoms with Crippen LogP contribution in [0.15, 0.2) is 48.7 Å². The van der Waals surface area contributed by atoms with Gasteiger partial charge in [0.2, 0.25) is 17.6 Å². The Morgan fingerprint density at radius 1 is 1.20 bits per heavy atom. The van der Waals surface area contributed by atoms with Crippen molar-refractivity contribution in [1.29, 1.82) is 0 Å². The average Bonchev–Trinajstić information content (AvgIpc) is 3.23. The molecule has 25 heavy (non-hydrogen) atoms. The van der Waals surface area contributed by atoms with Crippen molar-refractivity contribution in [3.8, 4) is 0 Å². The molecule has 0 fully saturated rings. The van der Waals surface area contributed by atoms with Crippen molar-refractivity contribution in [2.24, 2.45) is 0 Å². The maximum atomic E-state index is 13.4. The number of benzene rings is 1. The largest absolute Gasteiger partial charge is 0.308 e. The Morgan fingerprint density at radius 3 is 2.84 bits per heavy atom. The highest BCUT2D eigenvalue weighted by Crippen LogP contribution is 2.17. The summed E-state index contributed by atoms with van der Waals surface area (Å²) < 4.78 is 15.1. The molecule has 8 heteroatoms. The number of aromatic nitrogens is 5. The lowest BCUT2D eigenvalue weighted by Gasteiger charge is -2.08. The minimum atomic E-state index is -0.486. The molecule has 0 spiro atoms. The molecule has 0 unspecified atom stereocenters. The molecule has 0 saturated heterocycles. The quantitative estimate of drug-likeness (QED) is 0.560. The summed E-state index contributed by atoms with van der Waals surface area (Å²) in [6.45, 7) is 1.88.